The number of anilines is 1. The van der Waals surface area contributed by atoms with Crippen LogP contribution in [0.5, 0.6) is 5.75 Å². The van der Waals surface area contributed by atoms with Crippen molar-refractivity contribution in [3.63, 3.8) is 0 Å². The largest absolute Gasteiger partial charge is 0.494 e. The molecular formula is C22H30N4O5. The molecular weight excluding hydrogens is 400 g/mol. The van der Waals surface area contributed by atoms with Crippen molar-refractivity contribution in [1.82, 2.24) is 15.1 Å². The van der Waals surface area contributed by atoms with Crippen LogP contribution < -0.4 is 15.1 Å². The van der Waals surface area contributed by atoms with E-state index in [0.29, 0.717) is 56.9 Å². The maximum Gasteiger partial charge on any atom is 0.314 e. The Balaban J connectivity index is 1.64. The summed E-state index contributed by atoms with van der Waals surface area (Å²) in [6.07, 6.45) is 5.41. The number of para-hydroxylation sites is 2. The number of nitrogens with zero attached hydrogens (tertiary/aromatic N) is 3. The molecule has 0 saturated carbocycles. The summed E-state index contributed by atoms with van der Waals surface area (Å²) in [5.41, 5.74) is -0.318. The van der Waals surface area contributed by atoms with Crippen molar-refractivity contribution in [2.45, 2.75) is 32.7 Å². The molecule has 0 atom stereocenters. The lowest BCUT2D eigenvalue weighted by Crippen LogP contribution is -2.48. The van der Waals surface area contributed by atoms with Gasteiger partial charge in [0.2, 0.25) is 5.91 Å². The standard InChI is InChI=1S/C22H30N4O5/c1-18(27)26(19-7-3-4-8-20(19)29-2)31-17-22(9-12-23-13-10-22)21(28)30-16-6-15-25-14-5-11-24-25/h3-5,7-8,11,14,23H,6,9-10,12-13,15-17H2,1-2H3. The second kappa shape index (κ2) is 10.9. The van der Waals surface area contributed by atoms with Gasteiger partial charge in [0.25, 0.3) is 0 Å². The number of aryl methyl sites for hydroxylation is 1. The van der Waals surface area contributed by atoms with Gasteiger partial charge in [-0.15, -0.1) is 0 Å². The van der Waals surface area contributed by atoms with Crippen LogP contribution in [0.4, 0.5) is 5.69 Å². The minimum Gasteiger partial charge on any atom is -0.494 e. The summed E-state index contributed by atoms with van der Waals surface area (Å²) >= 11 is 0. The summed E-state index contributed by atoms with van der Waals surface area (Å²) in [5.74, 6) is -0.0857. The Kier molecular flexibility index (Phi) is 8.02. The first kappa shape index (κ1) is 22.8. The molecule has 0 aliphatic carbocycles. The molecule has 1 saturated heterocycles. The number of nitrogens with one attached hydrogen (secondary N) is 1. The van der Waals surface area contributed by atoms with Crippen LogP contribution in [0.2, 0.25) is 0 Å². The van der Waals surface area contributed by atoms with Crippen molar-refractivity contribution in [2.75, 3.05) is 38.5 Å². The van der Waals surface area contributed by atoms with E-state index in [-0.39, 0.29) is 18.5 Å². The number of ether oxygens (including phenoxy) is 2. The number of aromatic nitrogens is 2. The summed E-state index contributed by atoms with van der Waals surface area (Å²) in [4.78, 5) is 31.3. The predicted octanol–water partition coefficient (Wildman–Crippen LogP) is 2.18. The number of benzene rings is 1. The Morgan fingerprint density at radius 2 is 2.00 bits per heavy atom. The van der Waals surface area contributed by atoms with Gasteiger partial charge in [-0.25, -0.2) is 0 Å². The number of carbonyl (C=O) groups excluding carboxylic acids is 2. The highest BCUT2D eigenvalue weighted by Gasteiger charge is 2.42. The number of piperidine rings is 1. The van der Waals surface area contributed by atoms with Gasteiger partial charge in [-0.3, -0.25) is 19.1 Å². The summed E-state index contributed by atoms with van der Waals surface area (Å²) in [7, 11) is 1.53. The molecule has 1 aromatic heterocycles. The third-order valence-electron chi connectivity index (χ3n) is 5.38. The topological polar surface area (TPSA) is 94.9 Å². The Bertz CT molecular complexity index is 849. The zero-order valence-corrected chi connectivity index (χ0v) is 18.1. The van der Waals surface area contributed by atoms with E-state index in [0.717, 1.165) is 0 Å². The third-order valence-corrected chi connectivity index (χ3v) is 5.38. The third kappa shape index (κ3) is 5.83. The number of methoxy groups -OCH3 is 1. The number of hydroxylamine groups is 1. The summed E-state index contributed by atoms with van der Waals surface area (Å²) in [5, 5.41) is 8.60. The van der Waals surface area contributed by atoms with Crippen molar-refractivity contribution in [3.8, 4) is 5.75 Å². The van der Waals surface area contributed by atoms with Gasteiger partial charge >= 0.3 is 5.97 Å². The summed E-state index contributed by atoms with van der Waals surface area (Å²) in [6.45, 7) is 3.80. The average Bonchev–Trinajstić information content (AvgIpc) is 3.31. The van der Waals surface area contributed by atoms with Gasteiger partial charge in [-0.1, -0.05) is 12.1 Å². The van der Waals surface area contributed by atoms with E-state index in [4.69, 9.17) is 14.3 Å². The van der Waals surface area contributed by atoms with Crippen LogP contribution in [-0.4, -0.2) is 55.1 Å². The van der Waals surface area contributed by atoms with Crippen molar-refractivity contribution in [3.05, 3.63) is 42.7 Å². The number of hydrogen-bond acceptors (Lipinski definition) is 7. The Morgan fingerprint density at radius 1 is 1.23 bits per heavy atom. The van der Waals surface area contributed by atoms with E-state index < -0.39 is 5.41 Å². The maximum absolute atomic E-state index is 13.0. The fourth-order valence-corrected chi connectivity index (χ4v) is 3.61. The van der Waals surface area contributed by atoms with E-state index >= 15 is 0 Å². The van der Waals surface area contributed by atoms with Gasteiger partial charge in [0.1, 0.15) is 11.4 Å². The molecule has 0 unspecified atom stereocenters. The number of rotatable bonds is 10. The van der Waals surface area contributed by atoms with Gasteiger partial charge in [-0.2, -0.15) is 10.2 Å². The highest BCUT2D eigenvalue weighted by Crippen LogP contribution is 2.34. The zero-order valence-electron chi connectivity index (χ0n) is 18.1. The molecule has 2 heterocycles. The second-order valence-corrected chi connectivity index (χ2v) is 7.55. The van der Waals surface area contributed by atoms with Gasteiger partial charge < -0.3 is 14.8 Å². The molecule has 3 rings (SSSR count). The molecule has 1 aromatic carbocycles. The summed E-state index contributed by atoms with van der Waals surface area (Å²) < 4.78 is 12.8. The predicted molar refractivity (Wildman–Crippen MR) is 114 cm³/mol. The lowest BCUT2D eigenvalue weighted by Gasteiger charge is -2.36. The van der Waals surface area contributed by atoms with Crippen LogP contribution in [-0.2, 0) is 25.7 Å². The minimum atomic E-state index is -0.813. The molecule has 1 amide bonds. The van der Waals surface area contributed by atoms with E-state index in [9.17, 15) is 9.59 Å². The fraction of sp³-hybridized carbons (Fsp3) is 0.500. The minimum absolute atomic E-state index is 0.0459. The SMILES string of the molecule is COc1ccccc1N(OCC1(C(=O)OCCCn2cccn2)CCNCC1)C(C)=O. The van der Waals surface area contributed by atoms with Crippen LogP contribution in [0.15, 0.2) is 42.7 Å². The lowest BCUT2D eigenvalue weighted by molar-refractivity contribution is -0.164. The molecule has 9 heteroatoms. The van der Waals surface area contributed by atoms with Crippen molar-refractivity contribution >= 4 is 17.6 Å². The van der Waals surface area contributed by atoms with E-state index in [1.54, 1.807) is 29.1 Å². The Morgan fingerprint density at radius 3 is 2.68 bits per heavy atom. The second-order valence-electron chi connectivity index (χ2n) is 7.55. The van der Waals surface area contributed by atoms with Gasteiger partial charge in [0, 0.05) is 32.3 Å². The molecule has 1 N–H and O–H groups in total. The quantitative estimate of drug-likeness (QED) is 0.351. The van der Waals surface area contributed by atoms with Crippen LogP contribution >= 0.6 is 0 Å². The Labute approximate surface area is 182 Å². The number of esters is 1. The zero-order chi connectivity index (χ0) is 22.1. The fourth-order valence-electron chi connectivity index (χ4n) is 3.61. The first-order chi connectivity index (χ1) is 15.1. The smallest absolute Gasteiger partial charge is 0.314 e. The van der Waals surface area contributed by atoms with E-state index in [1.165, 1.54) is 19.1 Å². The highest BCUT2D eigenvalue weighted by atomic mass is 16.7. The van der Waals surface area contributed by atoms with E-state index in [2.05, 4.69) is 10.4 Å². The Hall–Kier alpha value is -2.91. The van der Waals surface area contributed by atoms with Gasteiger partial charge in [-0.05, 0) is 44.1 Å². The molecule has 1 aliphatic heterocycles. The van der Waals surface area contributed by atoms with Crippen molar-refractivity contribution < 1.29 is 23.9 Å². The molecule has 0 spiro atoms. The first-order valence-electron chi connectivity index (χ1n) is 10.5. The van der Waals surface area contributed by atoms with Crippen molar-refractivity contribution in [2.24, 2.45) is 5.41 Å². The number of hydrogen-bond donors (Lipinski definition) is 1. The number of carbonyl (C=O) groups is 2. The molecule has 9 nitrogen and oxygen atoms in total. The first-order valence-corrected chi connectivity index (χ1v) is 10.5. The normalized spacial score (nSPS) is 15.3. The van der Waals surface area contributed by atoms with Crippen LogP contribution in [0.3, 0.4) is 0 Å². The maximum atomic E-state index is 13.0. The van der Waals surface area contributed by atoms with Crippen LogP contribution in [0.1, 0.15) is 26.2 Å². The lowest BCUT2D eigenvalue weighted by atomic mass is 9.80. The van der Waals surface area contributed by atoms with Crippen molar-refractivity contribution in [1.29, 1.82) is 0 Å². The van der Waals surface area contributed by atoms with E-state index in [1.807, 2.05) is 18.3 Å². The molecule has 0 radical (unpaired) electrons. The molecule has 0 bridgehead atoms. The molecule has 1 fully saturated rings. The number of amides is 1. The average molecular weight is 431 g/mol. The monoisotopic (exact) mass is 430 g/mol. The molecule has 168 valence electrons. The van der Waals surface area contributed by atoms with Gasteiger partial charge in [0.15, 0.2) is 0 Å². The molecule has 31 heavy (non-hydrogen) atoms. The molecule has 2 aromatic rings. The van der Waals surface area contributed by atoms with Gasteiger partial charge in [0.05, 0.1) is 25.7 Å². The summed E-state index contributed by atoms with van der Waals surface area (Å²) in [6, 6.07) is 8.96. The molecule has 1 aliphatic rings. The van der Waals surface area contributed by atoms with Crippen LogP contribution in [0, 0.1) is 5.41 Å². The highest BCUT2D eigenvalue weighted by molar-refractivity contribution is 5.91. The van der Waals surface area contributed by atoms with Crippen LogP contribution in [0.25, 0.3) is 0 Å².